The van der Waals surface area contributed by atoms with Crippen molar-refractivity contribution in [3.8, 4) is 0 Å². The summed E-state index contributed by atoms with van der Waals surface area (Å²) in [6, 6.07) is 14.6. The summed E-state index contributed by atoms with van der Waals surface area (Å²) in [5.74, 6) is -0.399. The monoisotopic (exact) mass is 422 g/mol. The van der Waals surface area contributed by atoms with Crippen LogP contribution in [0.4, 0.5) is 17.1 Å². The van der Waals surface area contributed by atoms with Gasteiger partial charge in [-0.15, -0.1) is 0 Å². The van der Waals surface area contributed by atoms with Crippen LogP contribution in [0.2, 0.25) is 0 Å². The van der Waals surface area contributed by atoms with Gasteiger partial charge in [-0.1, -0.05) is 37.3 Å². The van der Waals surface area contributed by atoms with Gasteiger partial charge in [0, 0.05) is 18.2 Å². The van der Waals surface area contributed by atoms with Crippen LogP contribution in [0, 0.1) is 6.92 Å². The van der Waals surface area contributed by atoms with Crippen LogP contribution in [0.25, 0.3) is 0 Å². The van der Waals surface area contributed by atoms with Crippen molar-refractivity contribution >= 4 is 34.8 Å². The highest BCUT2D eigenvalue weighted by Gasteiger charge is 2.30. The number of carbonyl (C=O) groups is 3. The Balaban J connectivity index is 1.73. The lowest BCUT2D eigenvalue weighted by Crippen LogP contribution is -2.46. The molecule has 31 heavy (non-hydrogen) atoms. The molecular weight excluding hydrogens is 392 g/mol. The molecule has 2 N–H and O–H groups in total. The second kappa shape index (κ2) is 10.2. The second-order valence-corrected chi connectivity index (χ2v) is 7.96. The number of amides is 3. The van der Waals surface area contributed by atoms with Gasteiger partial charge in [0.05, 0.1) is 24.5 Å². The number of carbonyl (C=O) groups excluding carboxylic acids is 3. The van der Waals surface area contributed by atoms with Crippen LogP contribution < -0.4 is 15.5 Å². The van der Waals surface area contributed by atoms with E-state index in [4.69, 9.17) is 0 Å². The van der Waals surface area contributed by atoms with Crippen LogP contribution in [0.15, 0.2) is 48.5 Å². The maximum atomic E-state index is 13.3. The normalized spacial score (nSPS) is 15.8. The van der Waals surface area contributed by atoms with Gasteiger partial charge in [0.2, 0.25) is 17.7 Å². The number of anilines is 3. The minimum Gasteiger partial charge on any atom is -0.325 e. The Morgan fingerprint density at radius 1 is 1.13 bits per heavy atom. The lowest BCUT2D eigenvalue weighted by Gasteiger charge is -2.30. The van der Waals surface area contributed by atoms with Crippen LogP contribution in [0.1, 0.15) is 32.3 Å². The average Bonchev–Trinajstić information content (AvgIpc) is 2.84. The number of hydrogen-bond donors (Lipinski definition) is 2. The minimum absolute atomic E-state index is 0.0991. The number of para-hydroxylation sites is 3. The molecule has 0 fully saturated rings. The van der Waals surface area contributed by atoms with Gasteiger partial charge in [0.25, 0.3) is 0 Å². The first-order valence-corrected chi connectivity index (χ1v) is 10.7. The number of hydrogen-bond acceptors (Lipinski definition) is 4. The predicted molar refractivity (Wildman–Crippen MR) is 123 cm³/mol. The molecule has 1 atom stereocenters. The van der Waals surface area contributed by atoms with Crippen LogP contribution in [-0.2, 0) is 14.4 Å². The first-order valence-electron chi connectivity index (χ1n) is 10.7. The molecule has 164 valence electrons. The summed E-state index contributed by atoms with van der Waals surface area (Å²) in [6.45, 7) is 6.67. The summed E-state index contributed by atoms with van der Waals surface area (Å²) >= 11 is 0. The summed E-state index contributed by atoms with van der Waals surface area (Å²) in [6.07, 6.45) is 1.04. The largest absolute Gasteiger partial charge is 0.325 e. The summed E-state index contributed by atoms with van der Waals surface area (Å²) in [5, 5.41) is 5.80. The molecule has 7 heteroatoms. The van der Waals surface area contributed by atoms with Crippen LogP contribution in [0.5, 0.6) is 0 Å². The van der Waals surface area contributed by atoms with E-state index in [1.54, 1.807) is 11.0 Å². The Bertz CT molecular complexity index is 959. The molecule has 0 aliphatic carbocycles. The van der Waals surface area contributed by atoms with Gasteiger partial charge in [-0.05, 0) is 50.6 Å². The number of aryl methyl sites for hydroxylation is 1. The van der Waals surface area contributed by atoms with Crippen molar-refractivity contribution in [2.45, 2.75) is 39.7 Å². The van der Waals surface area contributed by atoms with E-state index >= 15 is 0 Å². The smallest absolute Gasteiger partial charge is 0.241 e. The molecule has 0 bridgehead atoms. The molecule has 0 radical (unpaired) electrons. The molecule has 1 aliphatic rings. The van der Waals surface area contributed by atoms with Crippen LogP contribution in [0.3, 0.4) is 0 Å². The van der Waals surface area contributed by atoms with Crippen molar-refractivity contribution in [2.75, 3.05) is 35.2 Å². The van der Waals surface area contributed by atoms with Gasteiger partial charge in [-0.2, -0.15) is 0 Å². The van der Waals surface area contributed by atoms with Crippen molar-refractivity contribution in [2.24, 2.45) is 0 Å². The zero-order valence-corrected chi connectivity index (χ0v) is 18.4. The van der Waals surface area contributed by atoms with E-state index < -0.39 is 0 Å². The fourth-order valence-electron chi connectivity index (χ4n) is 3.87. The summed E-state index contributed by atoms with van der Waals surface area (Å²) < 4.78 is 0. The topological polar surface area (TPSA) is 81.8 Å². The van der Waals surface area contributed by atoms with E-state index in [9.17, 15) is 14.4 Å². The number of nitrogens with zero attached hydrogens (tertiary/aromatic N) is 2. The van der Waals surface area contributed by atoms with Crippen molar-refractivity contribution < 1.29 is 14.4 Å². The fraction of sp³-hybridized carbons (Fsp3) is 0.375. The van der Waals surface area contributed by atoms with Crippen LogP contribution in [-0.4, -0.2) is 48.3 Å². The van der Waals surface area contributed by atoms with E-state index in [0.29, 0.717) is 17.9 Å². The molecule has 1 aliphatic heterocycles. The van der Waals surface area contributed by atoms with E-state index in [0.717, 1.165) is 17.7 Å². The number of benzene rings is 2. The molecule has 1 unspecified atom stereocenters. The van der Waals surface area contributed by atoms with Gasteiger partial charge in [-0.25, -0.2) is 0 Å². The number of rotatable bonds is 7. The first kappa shape index (κ1) is 22.5. The Kier molecular flexibility index (Phi) is 7.41. The molecule has 0 saturated heterocycles. The van der Waals surface area contributed by atoms with Crippen molar-refractivity contribution in [3.05, 3.63) is 54.1 Å². The lowest BCUT2D eigenvalue weighted by molar-refractivity contribution is -0.121. The third kappa shape index (κ3) is 5.70. The summed E-state index contributed by atoms with van der Waals surface area (Å²) in [5.41, 5.74) is 3.08. The number of nitrogens with one attached hydrogen (secondary N) is 2. The average molecular weight is 423 g/mol. The van der Waals surface area contributed by atoms with E-state index in [1.165, 1.54) is 0 Å². The highest BCUT2D eigenvalue weighted by Crippen LogP contribution is 2.31. The Morgan fingerprint density at radius 3 is 2.58 bits per heavy atom. The molecule has 3 rings (SSSR count). The highest BCUT2D eigenvalue weighted by atomic mass is 16.2. The van der Waals surface area contributed by atoms with Crippen molar-refractivity contribution in [1.29, 1.82) is 0 Å². The van der Waals surface area contributed by atoms with Gasteiger partial charge in [-0.3, -0.25) is 19.3 Å². The fourth-order valence-corrected chi connectivity index (χ4v) is 3.87. The molecule has 2 aromatic rings. The van der Waals surface area contributed by atoms with Gasteiger partial charge in [0.1, 0.15) is 0 Å². The molecule has 0 aromatic heterocycles. The SMILES string of the molecule is CCCN(CC(=O)Nc1ccccc1C)CC(=O)N1c2ccccc2NC(=O)CC1C. The van der Waals surface area contributed by atoms with E-state index in [2.05, 4.69) is 10.6 Å². The Hall–Kier alpha value is -3.19. The lowest BCUT2D eigenvalue weighted by atomic mass is 10.1. The van der Waals surface area contributed by atoms with Gasteiger partial charge in [0.15, 0.2) is 0 Å². The Labute approximate surface area is 183 Å². The van der Waals surface area contributed by atoms with Gasteiger partial charge < -0.3 is 15.5 Å². The minimum atomic E-state index is -0.277. The summed E-state index contributed by atoms with van der Waals surface area (Å²) in [4.78, 5) is 41.7. The standard InChI is InChI=1S/C24H30N4O3/c1-4-13-27(15-23(30)25-19-10-6-5-9-17(19)2)16-24(31)28-18(3)14-22(29)26-20-11-7-8-12-21(20)28/h5-12,18H,4,13-16H2,1-3H3,(H,25,30)(H,26,29). The van der Waals surface area contributed by atoms with Crippen molar-refractivity contribution in [1.82, 2.24) is 4.90 Å². The number of fused-ring (bicyclic) bond motifs is 1. The van der Waals surface area contributed by atoms with Gasteiger partial charge >= 0.3 is 0 Å². The molecule has 0 saturated carbocycles. The van der Waals surface area contributed by atoms with E-state index in [-0.39, 0.29) is 43.3 Å². The highest BCUT2D eigenvalue weighted by molar-refractivity contribution is 6.05. The van der Waals surface area contributed by atoms with Crippen molar-refractivity contribution in [3.63, 3.8) is 0 Å². The zero-order chi connectivity index (χ0) is 22.4. The molecule has 1 heterocycles. The molecular formula is C24H30N4O3. The quantitative estimate of drug-likeness (QED) is 0.716. The third-order valence-electron chi connectivity index (χ3n) is 5.31. The molecule has 2 aromatic carbocycles. The predicted octanol–water partition coefficient (Wildman–Crippen LogP) is 3.41. The third-order valence-corrected chi connectivity index (χ3v) is 5.31. The zero-order valence-electron chi connectivity index (χ0n) is 18.4. The van der Waals surface area contributed by atoms with Crippen LogP contribution >= 0.6 is 0 Å². The molecule has 3 amide bonds. The maximum Gasteiger partial charge on any atom is 0.241 e. The maximum absolute atomic E-state index is 13.3. The summed E-state index contributed by atoms with van der Waals surface area (Å²) in [7, 11) is 0. The Morgan fingerprint density at radius 2 is 1.84 bits per heavy atom. The molecule has 0 spiro atoms. The molecule has 7 nitrogen and oxygen atoms in total. The second-order valence-electron chi connectivity index (χ2n) is 7.96. The van der Waals surface area contributed by atoms with E-state index in [1.807, 2.05) is 68.1 Å². The first-order chi connectivity index (χ1) is 14.9.